The highest BCUT2D eigenvalue weighted by atomic mass is 19.4. The zero-order chi connectivity index (χ0) is 27.0. The molecular weight excluding hydrogens is 492 g/mol. The summed E-state index contributed by atoms with van der Waals surface area (Å²) in [4.78, 5) is 29.5. The Morgan fingerprint density at radius 3 is 2.19 bits per heavy atom. The number of urea groups is 1. The van der Waals surface area contributed by atoms with Crippen molar-refractivity contribution in [3.63, 3.8) is 0 Å². The first kappa shape index (κ1) is 27.5. The summed E-state index contributed by atoms with van der Waals surface area (Å²) in [6.07, 6.45) is -2.24. The van der Waals surface area contributed by atoms with Crippen molar-refractivity contribution < 1.29 is 36.8 Å². The van der Waals surface area contributed by atoms with Gasteiger partial charge in [0, 0.05) is 62.5 Å². The van der Waals surface area contributed by atoms with E-state index in [1.165, 1.54) is 12.1 Å². The summed E-state index contributed by atoms with van der Waals surface area (Å²) in [5.74, 6) is -0.490. The van der Waals surface area contributed by atoms with Crippen LogP contribution >= 0.6 is 0 Å². The summed E-state index contributed by atoms with van der Waals surface area (Å²) in [5, 5.41) is 2.69. The maximum absolute atomic E-state index is 13.2. The molecule has 3 aliphatic heterocycles. The molecule has 37 heavy (non-hydrogen) atoms. The molecule has 0 atom stereocenters. The quantitative estimate of drug-likeness (QED) is 0.470. The van der Waals surface area contributed by atoms with Crippen molar-refractivity contribution in [2.24, 2.45) is 0 Å². The molecule has 0 spiro atoms. The van der Waals surface area contributed by atoms with Gasteiger partial charge in [-0.15, -0.1) is 13.2 Å². The first-order chi connectivity index (χ1) is 17.3. The summed E-state index contributed by atoms with van der Waals surface area (Å²) in [7, 11) is -1.06. The zero-order valence-corrected chi connectivity index (χ0v) is 21.6. The lowest BCUT2D eigenvalue weighted by atomic mass is 9.78. The highest BCUT2D eigenvalue weighted by Crippen LogP contribution is 2.38. The molecule has 204 valence electrons. The summed E-state index contributed by atoms with van der Waals surface area (Å²) < 4.78 is 55.7. The van der Waals surface area contributed by atoms with Gasteiger partial charge >= 0.3 is 19.5 Å². The van der Waals surface area contributed by atoms with Gasteiger partial charge in [0.1, 0.15) is 5.75 Å². The van der Waals surface area contributed by atoms with Crippen molar-refractivity contribution in [2.75, 3.05) is 44.6 Å². The van der Waals surface area contributed by atoms with Crippen molar-refractivity contribution in [1.82, 2.24) is 14.7 Å². The maximum atomic E-state index is 13.2. The maximum Gasteiger partial charge on any atom is 0.573 e. The fraction of sp³-hybridized carbons (Fsp3) is 0.667. The van der Waals surface area contributed by atoms with Gasteiger partial charge < -0.3 is 29.2 Å². The van der Waals surface area contributed by atoms with Gasteiger partial charge in [-0.3, -0.25) is 9.69 Å². The summed E-state index contributed by atoms with van der Waals surface area (Å²) >= 11 is 0. The van der Waals surface area contributed by atoms with Crippen molar-refractivity contribution in [3.8, 4) is 5.75 Å². The Morgan fingerprint density at radius 1 is 1.05 bits per heavy atom. The lowest BCUT2D eigenvalue weighted by Gasteiger charge is -2.42. The average molecular weight is 526 g/mol. The van der Waals surface area contributed by atoms with Crippen LogP contribution in [0.2, 0.25) is 0 Å². The summed E-state index contributed by atoms with van der Waals surface area (Å²) in [6, 6.07) is 4.06. The number of piperazine rings is 1. The van der Waals surface area contributed by atoms with E-state index in [2.05, 4.69) is 15.0 Å². The number of nitrogens with one attached hydrogen (secondary N) is 1. The molecule has 3 amide bonds. The third-order valence-electron chi connectivity index (χ3n) is 7.76. The predicted molar refractivity (Wildman–Crippen MR) is 132 cm³/mol. The second-order valence-electron chi connectivity index (χ2n) is 10.7. The van der Waals surface area contributed by atoms with Crippen LogP contribution < -0.4 is 15.5 Å². The van der Waals surface area contributed by atoms with Gasteiger partial charge in [0.15, 0.2) is 0 Å². The van der Waals surface area contributed by atoms with Crippen LogP contribution in [0, 0.1) is 0 Å². The molecule has 0 radical (unpaired) electrons. The van der Waals surface area contributed by atoms with Crippen LogP contribution in [0.1, 0.15) is 40.5 Å². The molecule has 4 rings (SSSR count). The molecule has 1 aromatic rings. The third-order valence-corrected chi connectivity index (χ3v) is 7.76. The number of carbonyl (C=O) groups is 2. The van der Waals surface area contributed by atoms with E-state index in [0.717, 1.165) is 38.4 Å². The van der Waals surface area contributed by atoms with Crippen LogP contribution in [0.15, 0.2) is 18.2 Å². The van der Waals surface area contributed by atoms with E-state index in [1.807, 2.05) is 0 Å². The van der Waals surface area contributed by atoms with Gasteiger partial charge in [0.25, 0.3) is 0 Å². The van der Waals surface area contributed by atoms with Crippen LogP contribution in [0.5, 0.6) is 5.75 Å². The molecule has 3 saturated heterocycles. The third kappa shape index (κ3) is 6.32. The molecule has 0 saturated carbocycles. The second-order valence-corrected chi connectivity index (χ2v) is 10.7. The van der Waals surface area contributed by atoms with E-state index in [0.29, 0.717) is 32.2 Å². The molecule has 9 nitrogen and oxygen atoms in total. The summed E-state index contributed by atoms with van der Waals surface area (Å²) in [6.45, 7) is 11.1. The van der Waals surface area contributed by atoms with E-state index in [-0.39, 0.29) is 11.2 Å². The molecule has 13 heteroatoms. The number of piperidine rings is 1. The number of amides is 3. The van der Waals surface area contributed by atoms with Crippen molar-refractivity contribution >= 4 is 30.7 Å². The lowest BCUT2D eigenvalue weighted by molar-refractivity contribution is -0.274. The van der Waals surface area contributed by atoms with Crippen LogP contribution in [-0.4, -0.2) is 97.1 Å². The van der Waals surface area contributed by atoms with Gasteiger partial charge in [0.05, 0.1) is 11.2 Å². The van der Waals surface area contributed by atoms with Crippen LogP contribution in [0.25, 0.3) is 0 Å². The van der Waals surface area contributed by atoms with Crippen LogP contribution in [0.3, 0.4) is 0 Å². The minimum atomic E-state index is -4.93. The highest BCUT2D eigenvalue weighted by molar-refractivity contribution is 6.63. The molecule has 0 unspecified atom stereocenters. The number of hydrogen-bond donors (Lipinski definition) is 1. The Labute approximate surface area is 215 Å². The summed E-state index contributed by atoms with van der Waals surface area (Å²) in [5.41, 5.74) is -1.22. The predicted octanol–water partition coefficient (Wildman–Crippen LogP) is 2.65. The Bertz CT molecular complexity index is 977. The molecule has 0 aromatic heterocycles. The zero-order valence-electron chi connectivity index (χ0n) is 21.6. The van der Waals surface area contributed by atoms with Crippen LogP contribution in [-0.2, 0) is 14.1 Å². The van der Waals surface area contributed by atoms with Crippen molar-refractivity contribution in [2.45, 2.75) is 64.1 Å². The number of likely N-dealkylation sites (tertiary alicyclic amines) is 1. The molecule has 0 bridgehead atoms. The number of benzene rings is 1. The minimum Gasteiger partial charge on any atom is -0.406 e. The Hall–Kier alpha value is -2.51. The number of anilines is 1. The van der Waals surface area contributed by atoms with E-state index >= 15 is 0 Å². The molecule has 1 aromatic carbocycles. The second kappa shape index (κ2) is 10.3. The Morgan fingerprint density at radius 2 is 1.65 bits per heavy atom. The molecule has 3 fully saturated rings. The average Bonchev–Trinajstić information content (AvgIpc) is 3.04. The van der Waals surface area contributed by atoms with Crippen molar-refractivity contribution in [3.05, 3.63) is 18.2 Å². The molecule has 1 N–H and O–H groups in total. The largest absolute Gasteiger partial charge is 0.573 e. The minimum absolute atomic E-state index is 0.0863. The number of carbonyl (C=O) groups excluding carboxylic acids is 2. The number of ether oxygens (including phenoxy) is 1. The topological polar surface area (TPSA) is 83.6 Å². The number of hydrogen-bond acceptors (Lipinski definition) is 6. The standard InChI is InChI=1S/C24H34BF3N4O5/c1-22(2)23(3,4)37-25(36-22)19-6-5-17(15-20(19)35-24(26,27)28)29-21(34)32-13-11-31(12-14-32)18-7-9-30(16-33)10-8-18/h5-6,15-16,18H,7-14H2,1-4H3,(H,29,34). The molecule has 0 aliphatic carbocycles. The smallest absolute Gasteiger partial charge is 0.406 e. The number of alkyl halides is 3. The number of rotatable bonds is 5. The van der Waals surface area contributed by atoms with Gasteiger partial charge in [-0.05, 0) is 46.6 Å². The highest BCUT2D eigenvalue weighted by Gasteiger charge is 2.53. The molecular formula is C24H34BF3N4O5. The Kier molecular flexibility index (Phi) is 7.69. The van der Waals surface area contributed by atoms with Gasteiger partial charge in [0.2, 0.25) is 6.41 Å². The molecule has 3 aliphatic rings. The van der Waals surface area contributed by atoms with E-state index < -0.39 is 36.5 Å². The fourth-order valence-corrected chi connectivity index (χ4v) is 4.84. The van der Waals surface area contributed by atoms with Gasteiger partial charge in [-0.2, -0.15) is 0 Å². The SMILES string of the molecule is CC1(C)OB(c2ccc(NC(=O)N3CCN(C4CCN(C=O)CC4)CC3)cc2OC(F)(F)F)OC1(C)C. The van der Waals surface area contributed by atoms with E-state index in [9.17, 15) is 22.8 Å². The lowest BCUT2D eigenvalue weighted by Crippen LogP contribution is -2.54. The first-order valence-corrected chi connectivity index (χ1v) is 12.5. The monoisotopic (exact) mass is 526 g/mol. The van der Waals surface area contributed by atoms with E-state index in [4.69, 9.17) is 9.31 Å². The van der Waals surface area contributed by atoms with Gasteiger partial charge in [-0.25, -0.2) is 4.79 Å². The van der Waals surface area contributed by atoms with Crippen molar-refractivity contribution in [1.29, 1.82) is 0 Å². The molecule has 3 heterocycles. The normalized spacial score (nSPS) is 22.7. The van der Waals surface area contributed by atoms with Crippen LogP contribution in [0.4, 0.5) is 23.7 Å². The fourth-order valence-electron chi connectivity index (χ4n) is 4.84. The number of halogens is 3. The first-order valence-electron chi connectivity index (χ1n) is 12.5. The Balaban J connectivity index is 1.40. The number of nitrogens with zero attached hydrogens (tertiary/aromatic N) is 3. The van der Waals surface area contributed by atoms with Gasteiger partial charge in [-0.1, -0.05) is 6.07 Å². The van der Waals surface area contributed by atoms with E-state index in [1.54, 1.807) is 37.5 Å².